The predicted molar refractivity (Wildman–Crippen MR) is 58.5 cm³/mol. The largest absolute Gasteiger partial charge is 0.354 e. The van der Waals surface area contributed by atoms with E-state index in [1.165, 1.54) is 45.2 Å². The van der Waals surface area contributed by atoms with Gasteiger partial charge in [0.25, 0.3) is 0 Å². The van der Waals surface area contributed by atoms with Crippen molar-refractivity contribution in [2.45, 2.75) is 44.1 Å². The lowest BCUT2D eigenvalue weighted by Gasteiger charge is -2.44. The van der Waals surface area contributed by atoms with Crippen LogP contribution < -0.4 is 5.32 Å². The number of rotatable bonds is 2. The van der Waals surface area contributed by atoms with Crippen LogP contribution in [-0.2, 0) is 4.79 Å². The third-order valence-electron chi connectivity index (χ3n) is 4.27. The second-order valence-electron chi connectivity index (χ2n) is 5.52. The molecule has 1 N–H and O–H groups in total. The summed E-state index contributed by atoms with van der Waals surface area (Å²) in [6, 6.07) is 0. The molecule has 2 heterocycles. The minimum atomic E-state index is 0.206. The first-order valence-corrected chi connectivity index (χ1v) is 6.30. The summed E-state index contributed by atoms with van der Waals surface area (Å²) in [5.41, 5.74) is 0.206. The Hall–Kier alpha value is -0.570. The number of piperidine rings is 1. The van der Waals surface area contributed by atoms with Crippen molar-refractivity contribution in [1.82, 2.24) is 10.2 Å². The Morgan fingerprint density at radius 1 is 1.40 bits per heavy atom. The molecule has 0 radical (unpaired) electrons. The highest BCUT2D eigenvalue weighted by atomic mass is 16.2. The molecule has 3 nitrogen and oxygen atoms in total. The van der Waals surface area contributed by atoms with Crippen molar-refractivity contribution in [3.8, 4) is 0 Å². The van der Waals surface area contributed by atoms with E-state index in [9.17, 15) is 4.79 Å². The molecule has 0 unspecified atom stereocenters. The quantitative estimate of drug-likeness (QED) is 0.738. The van der Waals surface area contributed by atoms with E-state index in [0.29, 0.717) is 0 Å². The fourth-order valence-electron chi connectivity index (χ4n) is 3.14. The summed E-state index contributed by atoms with van der Waals surface area (Å²) in [4.78, 5) is 14.0. The van der Waals surface area contributed by atoms with E-state index in [1.807, 2.05) is 0 Å². The standard InChI is InChI=1S/C12H20N2O/c15-11-7-12(9-13-11)5-1-2-6-14(12)8-10-3-4-10/h10H,1-9H2,(H,13,15)/t12-/m1/s1. The van der Waals surface area contributed by atoms with E-state index in [2.05, 4.69) is 10.2 Å². The smallest absolute Gasteiger partial charge is 0.221 e. The van der Waals surface area contributed by atoms with Crippen molar-refractivity contribution in [1.29, 1.82) is 0 Å². The van der Waals surface area contributed by atoms with Crippen LogP contribution in [-0.4, -0.2) is 36.0 Å². The minimum Gasteiger partial charge on any atom is -0.354 e. The molecule has 1 aliphatic carbocycles. The normalized spacial score (nSPS) is 37.2. The molecular weight excluding hydrogens is 188 g/mol. The molecule has 3 heteroatoms. The van der Waals surface area contributed by atoms with E-state index in [-0.39, 0.29) is 11.4 Å². The maximum atomic E-state index is 11.4. The summed E-state index contributed by atoms with van der Waals surface area (Å²) < 4.78 is 0. The Balaban J connectivity index is 1.73. The van der Waals surface area contributed by atoms with Crippen LogP contribution in [0.15, 0.2) is 0 Å². The van der Waals surface area contributed by atoms with Gasteiger partial charge in [-0.15, -0.1) is 0 Å². The van der Waals surface area contributed by atoms with Gasteiger partial charge in [-0.05, 0) is 38.1 Å². The Morgan fingerprint density at radius 3 is 2.93 bits per heavy atom. The highest BCUT2D eigenvalue weighted by Gasteiger charge is 2.45. The molecule has 2 saturated heterocycles. The van der Waals surface area contributed by atoms with Gasteiger partial charge < -0.3 is 5.32 Å². The lowest BCUT2D eigenvalue weighted by molar-refractivity contribution is -0.120. The van der Waals surface area contributed by atoms with E-state index in [4.69, 9.17) is 0 Å². The van der Waals surface area contributed by atoms with E-state index in [1.54, 1.807) is 0 Å². The SMILES string of the molecule is O=C1C[C@]2(CCCCN2CC2CC2)CN1. The Bertz CT molecular complexity index is 275. The molecule has 3 fully saturated rings. The van der Waals surface area contributed by atoms with Gasteiger partial charge in [-0.25, -0.2) is 0 Å². The molecule has 1 saturated carbocycles. The fraction of sp³-hybridized carbons (Fsp3) is 0.917. The summed E-state index contributed by atoms with van der Waals surface area (Å²) in [5, 5.41) is 3.02. The summed E-state index contributed by atoms with van der Waals surface area (Å²) in [6.07, 6.45) is 7.42. The molecule has 0 aromatic rings. The zero-order chi connectivity index (χ0) is 10.3. The average molecular weight is 208 g/mol. The Kier molecular flexibility index (Phi) is 2.23. The first-order valence-electron chi connectivity index (χ1n) is 6.30. The lowest BCUT2D eigenvalue weighted by atomic mass is 9.85. The third-order valence-corrected chi connectivity index (χ3v) is 4.27. The second kappa shape index (κ2) is 3.48. The van der Waals surface area contributed by atoms with E-state index < -0.39 is 0 Å². The highest BCUT2D eigenvalue weighted by molar-refractivity contribution is 5.80. The van der Waals surface area contributed by atoms with Crippen LogP contribution >= 0.6 is 0 Å². The van der Waals surface area contributed by atoms with Crippen molar-refractivity contribution < 1.29 is 4.79 Å². The molecule has 1 amide bonds. The van der Waals surface area contributed by atoms with Crippen LogP contribution in [0.4, 0.5) is 0 Å². The molecule has 0 aromatic heterocycles. The van der Waals surface area contributed by atoms with Crippen molar-refractivity contribution in [2.24, 2.45) is 5.92 Å². The summed E-state index contributed by atoms with van der Waals surface area (Å²) in [5.74, 6) is 1.20. The number of hydrogen-bond donors (Lipinski definition) is 1. The predicted octanol–water partition coefficient (Wildman–Crippen LogP) is 1.14. The van der Waals surface area contributed by atoms with Crippen LogP contribution in [0.1, 0.15) is 38.5 Å². The summed E-state index contributed by atoms with van der Waals surface area (Å²) in [6.45, 7) is 3.36. The maximum Gasteiger partial charge on any atom is 0.221 e. The van der Waals surface area contributed by atoms with Crippen molar-refractivity contribution in [2.75, 3.05) is 19.6 Å². The minimum absolute atomic E-state index is 0.206. The Morgan fingerprint density at radius 2 is 2.27 bits per heavy atom. The molecule has 2 aliphatic heterocycles. The van der Waals surface area contributed by atoms with Gasteiger partial charge in [0.05, 0.1) is 0 Å². The molecule has 3 aliphatic rings. The first kappa shape index (κ1) is 9.64. The first-order chi connectivity index (χ1) is 7.28. The van der Waals surface area contributed by atoms with Crippen LogP contribution in [0.5, 0.6) is 0 Å². The van der Waals surface area contributed by atoms with Gasteiger partial charge in [0.15, 0.2) is 0 Å². The van der Waals surface area contributed by atoms with Crippen molar-refractivity contribution >= 4 is 5.91 Å². The number of carbonyl (C=O) groups is 1. The zero-order valence-electron chi connectivity index (χ0n) is 9.30. The number of nitrogens with zero attached hydrogens (tertiary/aromatic N) is 1. The average Bonchev–Trinajstić information content (AvgIpc) is 2.96. The van der Waals surface area contributed by atoms with Gasteiger partial charge in [-0.2, -0.15) is 0 Å². The van der Waals surface area contributed by atoms with E-state index in [0.717, 1.165) is 18.9 Å². The fourth-order valence-corrected chi connectivity index (χ4v) is 3.14. The number of amides is 1. The Labute approximate surface area is 91.2 Å². The van der Waals surface area contributed by atoms with Gasteiger partial charge in [0.1, 0.15) is 0 Å². The molecular formula is C12H20N2O. The van der Waals surface area contributed by atoms with Crippen LogP contribution in [0, 0.1) is 5.92 Å². The number of likely N-dealkylation sites (tertiary alicyclic amines) is 1. The molecule has 1 atom stereocenters. The lowest BCUT2D eigenvalue weighted by Crippen LogP contribution is -2.53. The molecule has 15 heavy (non-hydrogen) atoms. The summed E-state index contributed by atoms with van der Waals surface area (Å²) >= 11 is 0. The van der Waals surface area contributed by atoms with Gasteiger partial charge in [0, 0.05) is 25.0 Å². The monoisotopic (exact) mass is 208 g/mol. The van der Waals surface area contributed by atoms with Crippen LogP contribution in [0.3, 0.4) is 0 Å². The van der Waals surface area contributed by atoms with Gasteiger partial charge in [-0.3, -0.25) is 9.69 Å². The number of hydrogen-bond acceptors (Lipinski definition) is 2. The van der Waals surface area contributed by atoms with Gasteiger partial charge in [-0.1, -0.05) is 6.42 Å². The van der Waals surface area contributed by atoms with Crippen LogP contribution in [0.2, 0.25) is 0 Å². The van der Waals surface area contributed by atoms with Crippen LogP contribution in [0.25, 0.3) is 0 Å². The van der Waals surface area contributed by atoms with Gasteiger partial charge in [0.2, 0.25) is 5.91 Å². The molecule has 1 spiro atoms. The third kappa shape index (κ3) is 1.78. The van der Waals surface area contributed by atoms with Crippen molar-refractivity contribution in [3.05, 3.63) is 0 Å². The van der Waals surface area contributed by atoms with E-state index >= 15 is 0 Å². The second-order valence-corrected chi connectivity index (χ2v) is 5.52. The zero-order valence-corrected chi connectivity index (χ0v) is 9.30. The number of carbonyl (C=O) groups excluding carboxylic acids is 1. The van der Waals surface area contributed by atoms with Gasteiger partial charge >= 0.3 is 0 Å². The molecule has 0 aromatic carbocycles. The maximum absolute atomic E-state index is 11.4. The topological polar surface area (TPSA) is 32.3 Å². The summed E-state index contributed by atoms with van der Waals surface area (Å²) in [7, 11) is 0. The molecule has 0 bridgehead atoms. The highest BCUT2D eigenvalue weighted by Crippen LogP contribution is 2.38. The van der Waals surface area contributed by atoms with Crippen molar-refractivity contribution in [3.63, 3.8) is 0 Å². The molecule has 84 valence electrons. The molecule has 3 rings (SSSR count). The number of nitrogens with one attached hydrogen (secondary N) is 1.